The van der Waals surface area contributed by atoms with Crippen LogP contribution in [0, 0.1) is 0 Å². The van der Waals surface area contributed by atoms with Crippen molar-refractivity contribution in [1.29, 1.82) is 0 Å². The number of rotatable bonds is 4. The van der Waals surface area contributed by atoms with Gasteiger partial charge in [-0.1, -0.05) is 18.2 Å². The minimum atomic E-state index is -3.92. The van der Waals surface area contributed by atoms with Crippen LogP contribution in [0.1, 0.15) is 0 Å². The topological polar surface area (TPSA) is 99.2 Å². The molecule has 0 aliphatic heterocycles. The van der Waals surface area contributed by atoms with Gasteiger partial charge in [0.1, 0.15) is 4.90 Å². The maximum atomic E-state index is 11.9. The van der Waals surface area contributed by atoms with Crippen molar-refractivity contribution >= 4 is 26.9 Å². The molecule has 1 aromatic carbocycles. The molecule has 0 saturated carbocycles. The van der Waals surface area contributed by atoms with Crippen molar-refractivity contribution in [2.45, 2.75) is 4.90 Å². The van der Waals surface area contributed by atoms with Gasteiger partial charge < -0.3 is 9.90 Å². The van der Waals surface area contributed by atoms with Crippen LogP contribution >= 0.6 is 0 Å². The number of para-hydroxylation sites is 1. The monoisotopic (exact) mass is 265 g/mol. The quantitative estimate of drug-likeness (QED) is 0.785. The lowest BCUT2D eigenvalue weighted by Crippen LogP contribution is -2.37. The second-order valence-corrected chi connectivity index (χ2v) is 5.26. The van der Waals surface area contributed by atoms with Crippen LogP contribution in [0.5, 0.6) is 0 Å². The Hall–Kier alpha value is -1.99. The fourth-order valence-electron chi connectivity index (χ4n) is 1.52. The number of benzene rings is 1. The molecule has 2 aromatic rings. The number of carbonyl (C=O) groups excluding carboxylic acids is 1. The maximum absolute atomic E-state index is 11.9. The standard InChI is InChI=1S/C11H10N2O4S/c14-10(15)7-13-18(16,17)9-5-1-3-8-4-2-6-12-11(8)9/h1-6,13H,7H2,(H,14,15)/p-1. The van der Waals surface area contributed by atoms with Crippen LogP contribution in [-0.2, 0) is 14.8 Å². The van der Waals surface area contributed by atoms with Gasteiger partial charge in [0.05, 0.1) is 18.0 Å². The molecule has 0 fully saturated rings. The van der Waals surface area contributed by atoms with Crippen LogP contribution in [-0.4, -0.2) is 25.9 Å². The van der Waals surface area contributed by atoms with Crippen molar-refractivity contribution in [3.63, 3.8) is 0 Å². The second kappa shape index (κ2) is 4.71. The number of nitrogens with zero attached hydrogens (tertiary/aromatic N) is 1. The normalized spacial score (nSPS) is 11.6. The zero-order valence-corrected chi connectivity index (χ0v) is 9.98. The third-order valence-corrected chi connectivity index (χ3v) is 3.72. The number of aliphatic carboxylic acids is 1. The predicted molar refractivity (Wildman–Crippen MR) is 61.9 cm³/mol. The Morgan fingerprint density at radius 1 is 1.28 bits per heavy atom. The maximum Gasteiger partial charge on any atom is 0.243 e. The van der Waals surface area contributed by atoms with Crippen LogP contribution < -0.4 is 9.83 Å². The Balaban J connectivity index is 2.50. The van der Waals surface area contributed by atoms with Crippen LogP contribution in [0.3, 0.4) is 0 Å². The van der Waals surface area contributed by atoms with Gasteiger partial charge in [-0.3, -0.25) is 4.98 Å². The molecule has 0 aliphatic rings. The second-order valence-electron chi connectivity index (χ2n) is 3.53. The first kappa shape index (κ1) is 12.5. The zero-order chi connectivity index (χ0) is 13.2. The van der Waals surface area contributed by atoms with Crippen LogP contribution in [0.4, 0.5) is 0 Å². The number of fused-ring (bicyclic) bond motifs is 1. The lowest BCUT2D eigenvalue weighted by Gasteiger charge is -2.09. The lowest BCUT2D eigenvalue weighted by atomic mass is 10.2. The number of aromatic nitrogens is 1. The molecule has 0 radical (unpaired) electrons. The molecule has 6 nitrogen and oxygen atoms in total. The average molecular weight is 265 g/mol. The number of sulfonamides is 1. The molecule has 0 bridgehead atoms. The van der Waals surface area contributed by atoms with E-state index in [2.05, 4.69) is 4.98 Å². The Morgan fingerprint density at radius 3 is 2.72 bits per heavy atom. The van der Waals surface area contributed by atoms with Gasteiger partial charge >= 0.3 is 0 Å². The van der Waals surface area contributed by atoms with Gasteiger partial charge in [0.2, 0.25) is 10.0 Å². The first-order chi connectivity index (χ1) is 8.50. The van der Waals surface area contributed by atoms with Crippen molar-refractivity contribution in [1.82, 2.24) is 9.71 Å². The van der Waals surface area contributed by atoms with E-state index in [9.17, 15) is 18.3 Å². The Bertz CT molecular complexity index is 692. The Labute approximate surface area is 103 Å². The fourth-order valence-corrected chi connectivity index (χ4v) is 2.67. The summed E-state index contributed by atoms with van der Waals surface area (Å²) in [6.45, 7) is -0.772. The first-order valence-corrected chi connectivity index (χ1v) is 6.52. The van der Waals surface area contributed by atoms with E-state index in [-0.39, 0.29) is 4.90 Å². The van der Waals surface area contributed by atoms with Crippen LogP contribution in [0.15, 0.2) is 41.4 Å². The van der Waals surface area contributed by atoms with Gasteiger partial charge in [-0.2, -0.15) is 0 Å². The van der Waals surface area contributed by atoms with E-state index < -0.39 is 22.5 Å². The van der Waals surface area contributed by atoms with Crippen molar-refractivity contribution in [3.8, 4) is 0 Å². The van der Waals surface area contributed by atoms with Gasteiger partial charge in [-0.25, -0.2) is 13.1 Å². The molecule has 1 aromatic heterocycles. The van der Waals surface area contributed by atoms with Crippen molar-refractivity contribution in [2.24, 2.45) is 0 Å². The number of hydrogen-bond acceptors (Lipinski definition) is 5. The van der Waals surface area contributed by atoms with E-state index in [0.717, 1.165) is 0 Å². The number of carbonyl (C=O) groups is 1. The number of nitrogens with one attached hydrogen (secondary N) is 1. The van der Waals surface area contributed by atoms with Gasteiger partial charge in [0.15, 0.2) is 0 Å². The molecule has 0 aliphatic carbocycles. The molecule has 1 N–H and O–H groups in total. The van der Waals surface area contributed by atoms with Gasteiger partial charge in [-0.05, 0) is 12.1 Å². The Morgan fingerprint density at radius 2 is 2.00 bits per heavy atom. The molecule has 94 valence electrons. The molecule has 2 rings (SSSR count). The summed E-state index contributed by atoms with van der Waals surface area (Å²) in [5.74, 6) is -1.49. The Kier molecular flexibility index (Phi) is 3.26. The third kappa shape index (κ3) is 2.47. The molecule has 0 saturated heterocycles. The minimum absolute atomic E-state index is 0.0538. The molecule has 18 heavy (non-hydrogen) atoms. The largest absolute Gasteiger partial charge is 0.549 e. The fraction of sp³-hybridized carbons (Fsp3) is 0.0909. The van der Waals surface area contributed by atoms with Gasteiger partial charge in [-0.15, -0.1) is 0 Å². The average Bonchev–Trinajstić information content (AvgIpc) is 2.36. The smallest absolute Gasteiger partial charge is 0.243 e. The number of hydrogen-bond donors (Lipinski definition) is 1. The lowest BCUT2D eigenvalue weighted by molar-refractivity contribution is -0.303. The summed E-state index contributed by atoms with van der Waals surface area (Å²) < 4.78 is 25.8. The van der Waals surface area contributed by atoms with E-state index >= 15 is 0 Å². The molecule has 0 spiro atoms. The highest BCUT2D eigenvalue weighted by Gasteiger charge is 2.17. The molecule has 0 amide bonds. The predicted octanol–water partition coefficient (Wildman–Crippen LogP) is -0.737. The highest BCUT2D eigenvalue weighted by molar-refractivity contribution is 7.89. The number of carboxylic acid groups (broad SMARTS) is 1. The van der Waals surface area contributed by atoms with Crippen LogP contribution in [0.25, 0.3) is 10.9 Å². The molecular weight excluding hydrogens is 256 g/mol. The zero-order valence-electron chi connectivity index (χ0n) is 9.16. The summed E-state index contributed by atoms with van der Waals surface area (Å²) in [5.41, 5.74) is 0.297. The summed E-state index contributed by atoms with van der Waals surface area (Å²) in [5, 5.41) is 10.9. The molecular formula is C11H9N2O4S-. The van der Waals surface area contributed by atoms with Crippen molar-refractivity contribution < 1.29 is 18.3 Å². The van der Waals surface area contributed by atoms with Crippen molar-refractivity contribution in [3.05, 3.63) is 36.5 Å². The minimum Gasteiger partial charge on any atom is -0.549 e. The van der Waals surface area contributed by atoms with Crippen LogP contribution in [0.2, 0.25) is 0 Å². The summed E-state index contributed by atoms with van der Waals surface area (Å²) in [7, 11) is -3.92. The summed E-state index contributed by atoms with van der Waals surface area (Å²) >= 11 is 0. The first-order valence-electron chi connectivity index (χ1n) is 5.04. The molecule has 7 heteroatoms. The van der Waals surface area contributed by atoms with E-state index in [1.165, 1.54) is 12.3 Å². The van der Waals surface area contributed by atoms with Gasteiger partial charge in [0, 0.05) is 11.6 Å². The third-order valence-electron chi connectivity index (χ3n) is 2.29. The van der Waals surface area contributed by atoms with E-state index in [4.69, 9.17) is 0 Å². The highest BCUT2D eigenvalue weighted by atomic mass is 32.2. The molecule has 0 unspecified atom stereocenters. The molecule has 1 heterocycles. The summed E-state index contributed by atoms with van der Waals surface area (Å²) in [6, 6.07) is 8.07. The van der Waals surface area contributed by atoms with E-state index in [0.29, 0.717) is 10.9 Å². The summed E-state index contributed by atoms with van der Waals surface area (Å²) in [4.78, 5) is 14.2. The number of carboxylic acids is 1. The SMILES string of the molecule is O=C([O-])CNS(=O)(=O)c1cccc2cccnc12. The number of pyridine rings is 1. The van der Waals surface area contributed by atoms with E-state index in [1.807, 2.05) is 4.72 Å². The van der Waals surface area contributed by atoms with Crippen molar-refractivity contribution in [2.75, 3.05) is 6.54 Å². The summed E-state index contributed by atoms with van der Waals surface area (Å²) in [6.07, 6.45) is 1.47. The van der Waals surface area contributed by atoms with Gasteiger partial charge in [0.25, 0.3) is 0 Å². The molecule has 0 atom stereocenters. The van der Waals surface area contributed by atoms with E-state index in [1.54, 1.807) is 24.3 Å². The highest BCUT2D eigenvalue weighted by Crippen LogP contribution is 2.19.